The summed E-state index contributed by atoms with van der Waals surface area (Å²) in [6, 6.07) is 22.8. The summed E-state index contributed by atoms with van der Waals surface area (Å²) >= 11 is 6.18. The highest BCUT2D eigenvalue weighted by Crippen LogP contribution is 2.41. The molecule has 0 aliphatic carbocycles. The van der Waals surface area contributed by atoms with Crippen LogP contribution in [0.1, 0.15) is 65.8 Å². The minimum Gasteiger partial charge on any atom is -0.368 e. The number of piperidine rings is 2. The minimum atomic E-state index is -0.0316. The normalized spacial score (nSPS) is 17.5. The molecule has 8 nitrogen and oxygen atoms in total. The first kappa shape index (κ1) is 30.1. The Morgan fingerprint density at radius 1 is 1.05 bits per heavy atom. The maximum absolute atomic E-state index is 13.1. The van der Waals surface area contributed by atoms with Crippen molar-refractivity contribution in [1.82, 2.24) is 24.4 Å². The highest BCUT2D eigenvalue weighted by Gasteiger charge is 2.36. The van der Waals surface area contributed by atoms with Crippen LogP contribution in [-0.4, -0.2) is 76.6 Å². The van der Waals surface area contributed by atoms with E-state index in [1.807, 2.05) is 65.1 Å². The maximum atomic E-state index is 13.1. The number of rotatable bonds is 8. The SMILES string of the molecule is CN1CCC(N(C)C(=O)c2ccc(Cc3nc4c(N5CCC(CCC#N)(c6ccc(Cl)cc6)CC5)cccn4n3)cc2)CC1. The number of amides is 1. The van der Waals surface area contributed by atoms with Crippen LogP contribution in [0.15, 0.2) is 66.9 Å². The molecular formula is C35H40ClN7O. The minimum absolute atomic E-state index is 0.0316. The molecule has 2 aliphatic rings. The van der Waals surface area contributed by atoms with E-state index in [9.17, 15) is 10.1 Å². The first-order chi connectivity index (χ1) is 21.3. The molecule has 4 heterocycles. The van der Waals surface area contributed by atoms with Gasteiger partial charge in [-0.2, -0.15) is 10.4 Å². The Bertz CT molecular complexity index is 1630. The molecule has 0 N–H and O–H groups in total. The van der Waals surface area contributed by atoms with Crippen LogP contribution in [-0.2, 0) is 11.8 Å². The van der Waals surface area contributed by atoms with Gasteiger partial charge in [0, 0.05) is 55.8 Å². The zero-order chi connectivity index (χ0) is 30.7. The molecule has 1 amide bonds. The molecule has 2 saturated heterocycles. The van der Waals surface area contributed by atoms with Gasteiger partial charge in [0.15, 0.2) is 11.5 Å². The Kier molecular flexibility index (Phi) is 8.88. The second kappa shape index (κ2) is 13.0. The molecule has 9 heteroatoms. The van der Waals surface area contributed by atoms with Crippen molar-refractivity contribution < 1.29 is 4.79 Å². The monoisotopic (exact) mass is 609 g/mol. The number of halogens is 1. The zero-order valence-corrected chi connectivity index (χ0v) is 26.4. The first-order valence-corrected chi connectivity index (χ1v) is 16.0. The van der Waals surface area contributed by atoms with Gasteiger partial charge < -0.3 is 14.7 Å². The van der Waals surface area contributed by atoms with E-state index in [4.69, 9.17) is 21.7 Å². The van der Waals surface area contributed by atoms with E-state index in [1.165, 1.54) is 5.56 Å². The van der Waals surface area contributed by atoms with Gasteiger partial charge in [0.1, 0.15) is 0 Å². The number of carbonyl (C=O) groups excluding carboxylic acids is 1. The van der Waals surface area contributed by atoms with Crippen LogP contribution in [0.5, 0.6) is 0 Å². The zero-order valence-electron chi connectivity index (χ0n) is 25.6. The molecule has 4 aromatic rings. The molecule has 2 aromatic heterocycles. The molecule has 0 bridgehead atoms. The summed E-state index contributed by atoms with van der Waals surface area (Å²) < 4.78 is 1.87. The van der Waals surface area contributed by atoms with Gasteiger partial charge in [0.05, 0.1) is 11.8 Å². The van der Waals surface area contributed by atoms with Crippen molar-refractivity contribution in [2.24, 2.45) is 0 Å². The standard InChI is InChI=1S/C35H40ClN7O/c1-40-21-14-30(15-22-40)41(2)34(44)27-8-6-26(7-9-27)25-32-38-33-31(5-3-20-43(33)39-32)42-23-17-35(18-24-42,16-4-19-37)28-10-12-29(36)13-11-28/h3,5-13,20,30H,4,14-18,21-25H2,1-2H3. The Morgan fingerprint density at radius 2 is 1.75 bits per heavy atom. The molecular weight excluding hydrogens is 570 g/mol. The van der Waals surface area contributed by atoms with Crippen LogP contribution in [0.4, 0.5) is 5.69 Å². The van der Waals surface area contributed by atoms with Crippen LogP contribution in [0.3, 0.4) is 0 Å². The van der Waals surface area contributed by atoms with Crippen molar-refractivity contribution in [3.63, 3.8) is 0 Å². The second-order valence-electron chi connectivity index (χ2n) is 12.4. The van der Waals surface area contributed by atoms with Crippen molar-refractivity contribution >= 4 is 28.8 Å². The molecule has 6 rings (SSSR count). The van der Waals surface area contributed by atoms with Crippen molar-refractivity contribution in [2.45, 2.75) is 56.4 Å². The van der Waals surface area contributed by atoms with Gasteiger partial charge in [0.25, 0.3) is 5.91 Å². The Balaban J connectivity index is 1.14. The number of anilines is 1. The molecule has 2 aliphatic heterocycles. The molecule has 228 valence electrons. The first-order valence-electron chi connectivity index (χ1n) is 15.6. The topological polar surface area (TPSA) is 80.8 Å². The number of pyridine rings is 1. The van der Waals surface area contributed by atoms with E-state index in [2.05, 4.69) is 41.1 Å². The van der Waals surface area contributed by atoms with Crippen molar-refractivity contribution in [2.75, 3.05) is 45.2 Å². The number of aromatic nitrogens is 3. The predicted molar refractivity (Wildman–Crippen MR) is 174 cm³/mol. The molecule has 0 spiro atoms. The fourth-order valence-corrected chi connectivity index (χ4v) is 7.04. The van der Waals surface area contributed by atoms with Gasteiger partial charge in [0.2, 0.25) is 0 Å². The Hall–Kier alpha value is -3.93. The van der Waals surface area contributed by atoms with Crippen molar-refractivity contribution in [1.29, 1.82) is 5.26 Å². The fourth-order valence-electron chi connectivity index (χ4n) is 6.91. The van der Waals surface area contributed by atoms with Gasteiger partial charge in [-0.25, -0.2) is 9.50 Å². The smallest absolute Gasteiger partial charge is 0.253 e. The lowest BCUT2D eigenvalue weighted by Gasteiger charge is -2.43. The number of hydrogen-bond acceptors (Lipinski definition) is 6. The maximum Gasteiger partial charge on any atom is 0.253 e. The largest absolute Gasteiger partial charge is 0.368 e. The summed E-state index contributed by atoms with van der Waals surface area (Å²) in [4.78, 5) is 24.7. The third kappa shape index (κ3) is 6.31. The number of hydrogen-bond donors (Lipinski definition) is 0. The van der Waals surface area contributed by atoms with Crippen molar-refractivity contribution in [3.05, 3.63) is 94.4 Å². The number of fused-ring (bicyclic) bond motifs is 1. The number of likely N-dealkylation sites (tertiary alicyclic amines) is 1. The number of carbonyl (C=O) groups is 1. The van der Waals surface area contributed by atoms with Gasteiger partial charge in [-0.3, -0.25) is 4.79 Å². The molecule has 2 aromatic carbocycles. The molecule has 0 radical (unpaired) electrons. The van der Waals surface area contributed by atoms with Crippen LogP contribution in [0.2, 0.25) is 5.02 Å². The third-order valence-corrected chi connectivity index (χ3v) is 9.99. The molecule has 0 atom stereocenters. The average Bonchev–Trinajstić information content (AvgIpc) is 3.47. The molecule has 2 fully saturated rings. The summed E-state index contributed by atoms with van der Waals surface area (Å²) in [7, 11) is 4.06. The lowest BCUT2D eigenvalue weighted by atomic mass is 9.70. The Morgan fingerprint density at radius 3 is 2.43 bits per heavy atom. The van der Waals surface area contributed by atoms with E-state index in [1.54, 1.807) is 0 Å². The number of benzene rings is 2. The highest BCUT2D eigenvalue weighted by molar-refractivity contribution is 6.30. The lowest BCUT2D eigenvalue weighted by Crippen LogP contribution is -2.44. The summed E-state index contributed by atoms with van der Waals surface area (Å²) in [5.41, 5.74) is 4.95. The van der Waals surface area contributed by atoms with E-state index in [0.29, 0.717) is 18.9 Å². The predicted octanol–water partition coefficient (Wildman–Crippen LogP) is 5.98. The summed E-state index contributed by atoms with van der Waals surface area (Å²) in [5.74, 6) is 0.831. The van der Waals surface area contributed by atoms with Gasteiger partial charge >= 0.3 is 0 Å². The summed E-state index contributed by atoms with van der Waals surface area (Å²) in [6.45, 7) is 3.80. The number of nitrogens with zero attached hydrogens (tertiary/aromatic N) is 7. The second-order valence-corrected chi connectivity index (χ2v) is 12.9. The van der Waals surface area contributed by atoms with Gasteiger partial charge in [-0.05, 0) is 105 Å². The van der Waals surface area contributed by atoms with E-state index in [0.717, 1.165) is 91.6 Å². The average molecular weight is 610 g/mol. The summed E-state index contributed by atoms with van der Waals surface area (Å²) in [5, 5.41) is 14.9. The van der Waals surface area contributed by atoms with E-state index < -0.39 is 0 Å². The lowest BCUT2D eigenvalue weighted by molar-refractivity contribution is 0.0659. The van der Waals surface area contributed by atoms with Gasteiger partial charge in [-0.15, -0.1) is 0 Å². The van der Waals surface area contributed by atoms with E-state index >= 15 is 0 Å². The third-order valence-electron chi connectivity index (χ3n) is 9.74. The quantitative estimate of drug-likeness (QED) is 0.244. The molecule has 44 heavy (non-hydrogen) atoms. The molecule has 0 saturated carbocycles. The van der Waals surface area contributed by atoms with Gasteiger partial charge in [-0.1, -0.05) is 35.9 Å². The van der Waals surface area contributed by atoms with E-state index in [-0.39, 0.29) is 11.3 Å². The highest BCUT2D eigenvalue weighted by atomic mass is 35.5. The van der Waals surface area contributed by atoms with Crippen molar-refractivity contribution in [3.8, 4) is 6.07 Å². The summed E-state index contributed by atoms with van der Waals surface area (Å²) in [6.07, 6.45) is 7.86. The fraction of sp³-hybridized carbons (Fsp3) is 0.429. The van der Waals surface area contributed by atoms with Crippen LogP contribution in [0.25, 0.3) is 5.65 Å². The van der Waals surface area contributed by atoms with Crippen LogP contribution in [0, 0.1) is 11.3 Å². The van der Waals surface area contributed by atoms with Crippen LogP contribution < -0.4 is 4.90 Å². The van der Waals surface area contributed by atoms with Crippen LogP contribution >= 0.6 is 11.6 Å². The number of nitriles is 1. The Labute approximate surface area is 264 Å². The molecule has 0 unspecified atom stereocenters.